The van der Waals surface area contributed by atoms with Crippen molar-refractivity contribution in [3.63, 3.8) is 0 Å². The number of aromatic nitrogens is 1. The highest BCUT2D eigenvalue weighted by Crippen LogP contribution is 2.30. The van der Waals surface area contributed by atoms with E-state index >= 15 is 0 Å². The third-order valence-corrected chi connectivity index (χ3v) is 3.80. The van der Waals surface area contributed by atoms with E-state index in [0.29, 0.717) is 10.6 Å². The van der Waals surface area contributed by atoms with Gasteiger partial charge in [0.1, 0.15) is 5.76 Å². The molecule has 0 saturated carbocycles. The van der Waals surface area contributed by atoms with Gasteiger partial charge in [0.15, 0.2) is 5.58 Å². The summed E-state index contributed by atoms with van der Waals surface area (Å²) in [6, 6.07) is 11.6. The van der Waals surface area contributed by atoms with Crippen molar-refractivity contribution < 1.29 is 4.42 Å². The van der Waals surface area contributed by atoms with Crippen LogP contribution in [-0.2, 0) is 6.42 Å². The molecule has 3 aromatic rings. The van der Waals surface area contributed by atoms with Gasteiger partial charge in [-0.2, -0.15) is 0 Å². The molecule has 1 atom stereocenters. The van der Waals surface area contributed by atoms with Crippen LogP contribution >= 0.6 is 11.6 Å². The standard InChI is InChI=1S/C16H16ClN3O/c17-13-5-1-4-12-9-15(21-16(12)13)14(20-18)7-6-11-3-2-8-19-10-11/h1-5,8-10,14,20H,6-7,18H2. The average molecular weight is 302 g/mol. The number of para-hydroxylation sites is 1. The highest BCUT2D eigenvalue weighted by atomic mass is 35.5. The molecular formula is C16H16ClN3O. The van der Waals surface area contributed by atoms with E-state index in [2.05, 4.69) is 16.5 Å². The Morgan fingerprint density at radius 2 is 2.19 bits per heavy atom. The number of nitrogens with zero attached hydrogens (tertiary/aromatic N) is 1. The quantitative estimate of drug-likeness (QED) is 0.558. The maximum Gasteiger partial charge on any atom is 0.152 e. The van der Waals surface area contributed by atoms with Gasteiger partial charge in [0, 0.05) is 17.8 Å². The summed E-state index contributed by atoms with van der Waals surface area (Å²) in [5, 5.41) is 1.60. The van der Waals surface area contributed by atoms with Crippen molar-refractivity contribution >= 4 is 22.6 Å². The van der Waals surface area contributed by atoms with Crippen LogP contribution in [0.4, 0.5) is 0 Å². The summed E-state index contributed by atoms with van der Waals surface area (Å²) in [5.74, 6) is 6.47. The molecule has 3 rings (SSSR count). The van der Waals surface area contributed by atoms with E-state index in [-0.39, 0.29) is 6.04 Å². The van der Waals surface area contributed by atoms with E-state index in [1.165, 1.54) is 5.56 Å². The molecule has 0 spiro atoms. The molecule has 0 saturated heterocycles. The number of aryl methyl sites for hydroxylation is 1. The molecule has 0 fully saturated rings. The Kier molecular flexibility index (Phi) is 4.20. The van der Waals surface area contributed by atoms with Crippen LogP contribution in [0, 0.1) is 0 Å². The Hall–Kier alpha value is -1.88. The van der Waals surface area contributed by atoms with Crippen LogP contribution < -0.4 is 11.3 Å². The molecule has 108 valence electrons. The Morgan fingerprint density at radius 3 is 2.90 bits per heavy atom. The second-order valence-electron chi connectivity index (χ2n) is 4.93. The van der Waals surface area contributed by atoms with Gasteiger partial charge in [-0.05, 0) is 36.6 Å². The zero-order valence-electron chi connectivity index (χ0n) is 11.4. The number of hydrogen-bond donors (Lipinski definition) is 2. The molecule has 1 unspecified atom stereocenters. The minimum atomic E-state index is -0.0614. The van der Waals surface area contributed by atoms with Crippen LogP contribution in [0.15, 0.2) is 53.2 Å². The lowest BCUT2D eigenvalue weighted by Gasteiger charge is -2.12. The second kappa shape index (κ2) is 6.26. The van der Waals surface area contributed by atoms with Crippen molar-refractivity contribution in [2.24, 2.45) is 5.84 Å². The molecule has 1 aromatic carbocycles. The van der Waals surface area contributed by atoms with Crippen LogP contribution in [-0.4, -0.2) is 4.98 Å². The third kappa shape index (κ3) is 3.08. The summed E-state index contributed by atoms with van der Waals surface area (Å²) in [6.45, 7) is 0. The molecule has 2 aromatic heterocycles. The fourth-order valence-corrected chi connectivity index (χ4v) is 2.60. The van der Waals surface area contributed by atoms with Crippen molar-refractivity contribution in [2.45, 2.75) is 18.9 Å². The predicted molar refractivity (Wildman–Crippen MR) is 83.8 cm³/mol. The normalized spacial score (nSPS) is 12.7. The molecule has 2 heterocycles. The molecule has 21 heavy (non-hydrogen) atoms. The summed E-state index contributed by atoms with van der Waals surface area (Å²) in [7, 11) is 0. The molecule has 0 radical (unpaired) electrons. The van der Waals surface area contributed by atoms with E-state index in [1.807, 2.05) is 36.5 Å². The molecule has 0 bridgehead atoms. The largest absolute Gasteiger partial charge is 0.458 e. The number of nitrogens with two attached hydrogens (primary N) is 1. The van der Waals surface area contributed by atoms with Gasteiger partial charge in [-0.1, -0.05) is 29.8 Å². The molecule has 4 nitrogen and oxygen atoms in total. The first-order valence-corrected chi connectivity index (χ1v) is 7.18. The van der Waals surface area contributed by atoms with Crippen LogP contribution in [0.3, 0.4) is 0 Å². The number of hydrogen-bond acceptors (Lipinski definition) is 4. The zero-order chi connectivity index (χ0) is 14.7. The Balaban J connectivity index is 1.80. The van der Waals surface area contributed by atoms with E-state index < -0.39 is 0 Å². The first-order valence-electron chi connectivity index (χ1n) is 6.81. The number of nitrogens with one attached hydrogen (secondary N) is 1. The van der Waals surface area contributed by atoms with Gasteiger partial charge in [-0.25, -0.2) is 5.43 Å². The summed E-state index contributed by atoms with van der Waals surface area (Å²) >= 11 is 6.14. The maximum atomic E-state index is 6.14. The van der Waals surface area contributed by atoms with Crippen molar-refractivity contribution in [3.05, 3.63) is 65.1 Å². The topological polar surface area (TPSA) is 64.1 Å². The number of pyridine rings is 1. The van der Waals surface area contributed by atoms with Gasteiger partial charge in [0.05, 0.1) is 11.1 Å². The molecule has 5 heteroatoms. The van der Waals surface area contributed by atoms with Crippen molar-refractivity contribution in [1.29, 1.82) is 0 Å². The summed E-state index contributed by atoms with van der Waals surface area (Å²) in [6.07, 6.45) is 5.32. The molecule has 0 aliphatic rings. The number of hydrazine groups is 1. The van der Waals surface area contributed by atoms with Crippen LogP contribution in [0.5, 0.6) is 0 Å². The Bertz CT molecular complexity index is 727. The van der Waals surface area contributed by atoms with E-state index in [4.69, 9.17) is 21.9 Å². The van der Waals surface area contributed by atoms with Crippen LogP contribution in [0.1, 0.15) is 23.8 Å². The Morgan fingerprint density at radius 1 is 1.29 bits per heavy atom. The lowest BCUT2D eigenvalue weighted by atomic mass is 10.1. The van der Waals surface area contributed by atoms with Crippen molar-refractivity contribution in [1.82, 2.24) is 10.4 Å². The molecule has 0 aliphatic carbocycles. The Labute approximate surface area is 127 Å². The number of rotatable bonds is 5. The molecule has 0 amide bonds. The number of fused-ring (bicyclic) bond motifs is 1. The minimum absolute atomic E-state index is 0.0614. The lowest BCUT2D eigenvalue weighted by Crippen LogP contribution is -2.28. The summed E-state index contributed by atoms with van der Waals surface area (Å²) in [5.41, 5.74) is 4.69. The van der Waals surface area contributed by atoms with E-state index in [0.717, 1.165) is 24.0 Å². The molecule has 3 N–H and O–H groups in total. The van der Waals surface area contributed by atoms with E-state index in [1.54, 1.807) is 6.20 Å². The fraction of sp³-hybridized carbons (Fsp3) is 0.188. The van der Waals surface area contributed by atoms with Gasteiger partial charge in [0.25, 0.3) is 0 Å². The highest BCUT2D eigenvalue weighted by Gasteiger charge is 2.16. The fourth-order valence-electron chi connectivity index (χ4n) is 2.38. The van der Waals surface area contributed by atoms with Gasteiger partial charge in [-0.3, -0.25) is 10.8 Å². The molecular weight excluding hydrogens is 286 g/mol. The van der Waals surface area contributed by atoms with Crippen molar-refractivity contribution in [3.8, 4) is 0 Å². The smallest absolute Gasteiger partial charge is 0.152 e. The average Bonchev–Trinajstić information content (AvgIpc) is 2.94. The van der Waals surface area contributed by atoms with Gasteiger partial charge in [0.2, 0.25) is 0 Å². The van der Waals surface area contributed by atoms with Crippen molar-refractivity contribution in [2.75, 3.05) is 0 Å². The zero-order valence-corrected chi connectivity index (χ0v) is 12.2. The van der Waals surface area contributed by atoms with Crippen LogP contribution in [0.2, 0.25) is 5.02 Å². The lowest BCUT2D eigenvalue weighted by molar-refractivity contribution is 0.417. The minimum Gasteiger partial charge on any atom is -0.458 e. The molecule has 0 aliphatic heterocycles. The third-order valence-electron chi connectivity index (χ3n) is 3.50. The monoisotopic (exact) mass is 301 g/mol. The SMILES string of the molecule is NNC(CCc1cccnc1)c1cc2cccc(Cl)c2o1. The number of furan rings is 1. The maximum absolute atomic E-state index is 6.14. The van der Waals surface area contributed by atoms with E-state index in [9.17, 15) is 0 Å². The summed E-state index contributed by atoms with van der Waals surface area (Å²) < 4.78 is 5.85. The first kappa shape index (κ1) is 14.1. The second-order valence-corrected chi connectivity index (χ2v) is 5.33. The number of benzene rings is 1. The predicted octanol–water partition coefficient (Wildman–Crippen LogP) is 3.62. The number of halogens is 1. The van der Waals surface area contributed by atoms with Gasteiger partial charge >= 0.3 is 0 Å². The first-order chi connectivity index (χ1) is 10.3. The summed E-state index contributed by atoms with van der Waals surface area (Å²) in [4.78, 5) is 4.12. The highest BCUT2D eigenvalue weighted by molar-refractivity contribution is 6.34. The van der Waals surface area contributed by atoms with Gasteiger partial charge < -0.3 is 4.42 Å². The van der Waals surface area contributed by atoms with Gasteiger partial charge in [-0.15, -0.1) is 0 Å². The van der Waals surface area contributed by atoms with Crippen LogP contribution in [0.25, 0.3) is 11.0 Å².